The maximum atomic E-state index is 12.9. The molecule has 0 saturated heterocycles. The summed E-state index contributed by atoms with van der Waals surface area (Å²) in [5.74, 6) is -2.27. The summed E-state index contributed by atoms with van der Waals surface area (Å²) in [6.07, 6.45) is 2.38. The summed E-state index contributed by atoms with van der Waals surface area (Å²) >= 11 is 0. The van der Waals surface area contributed by atoms with Crippen LogP contribution in [0.15, 0.2) is 0 Å². The summed E-state index contributed by atoms with van der Waals surface area (Å²) in [5, 5.41) is 10.4. The molecule has 4 heteroatoms. The molecule has 0 aromatic carbocycles. The average molecular weight is 219 g/mol. The van der Waals surface area contributed by atoms with Crippen LogP contribution >= 0.6 is 0 Å². The number of hydrogen-bond donors (Lipinski definition) is 2. The zero-order chi connectivity index (χ0) is 11.3. The van der Waals surface area contributed by atoms with Crippen molar-refractivity contribution in [2.75, 3.05) is 0 Å². The molecule has 0 aromatic heterocycles. The number of aliphatic hydroxyl groups is 1. The molecule has 2 fully saturated rings. The predicted molar refractivity (Wildman–Crippen MR) is 53.7 cm³/mol. The van der Waals surface area contributed by atoms with E-state index in [0.717, 1.165) is 12.8 Å². The van der Waals surface area contributed by atoms with Crippen LogP contribution in [0.25, 0.3) is 0 Å². The lowest BCUT2D eigenvalue weighted by molar-refractivity contribution is -0.203. The number of alkyl halides is 2. The second kappa shape index (κ2) is 3.14. The molecule has 2 saturated carbocycles. The molecule has 0 aliphatic heterocycles. The van der Waals surface area contributed by atoms with Crippen LogP contribution < -0.4 is 5.73 Å². The first-order valence-corrected chi connectivity index (χ1v) is 5.66. The molecule has 3 N–H and O–H groups in total. The Bertz CT molecular complexity index is 261. The van der Waals surface area contributed by atoms with Gasteiger partial charge in [0.2, 0.25) is 0 Å². The van der Waals surface area contributed by atoms with Gasteiger partial charge in [-0.15, -0.1) is 0 Å². The highest BCUT2D eigenvalue weighted by Crippen LogP contribution is 2.53. The number of halogens is 2. The Balaban J connectivity index is 2.09. The minimum absolute atomic E-state index is 0.358. The van der Waals surface area contributed by atoms with Gasteiger partial charge in [0.1, 0.15) is 0 Å². The van der Waals surface area contributed by atoms with Crippen LogP contribution in [0.2, 0.25) is 0 Å². The van der Waals surface area contributed by atoms with Crippen LogP contribution in [-0.2, 0) is 0 Å². The maximum absolute atomic E-state index is 12.9. The fourth-order valence-corrected chi connectivity index (χ4v) is 3.18. The Morgan fingerprint density at radius 3 is 2.40 bits per heavy atom. The highest BCUT2D eigenvalue weighted by Gasteiger charge is 2.64. The van der Waals surface area contributed by atoms with Crippen molar-refractivity contribution in [2.24, 2.45) is 11.7 Å². The molecule has 0 radical (unpaired) electrons. The molecular formula is C11H19F2NO. The number of hydrogen-bond acceptors (Lipinski definition) is 2. The van der Waals surface area contributed by atoms with E-state index in [4.69, 9.17) is 5.73 Å². The summed E-state index contributed by atoms with van der Waals surface area (Å²) in [4.78, 5) is 0. The molecule has 2 aliphatic carbocycles. The molecule has 88 valence electrons. The average Bonchev–Trinajstić information content (AvgIpc) is 1.99. The lowest BCUT2D eigenvalue weighted by Crippen LogP contribution is -2.71. The lowest BCUT2D eigenvalue weighted by atomic mass is 9.58. The molecule has 0 heterocycles. The first-order valence-electron chi connectivity index (χ1n) is 5.66. The second-order valence-corrected chi connectivity index (χ2v) is 5.60. The number of nitrogens with two attached hydrogens (primary N) is 1. The smallest absolute Gasteiger partial charge is 0.251 e. The summed E-state index contributed by atoms with van der Waals surface area (Å²) < 4.78 is 25.7. The Hall–Kier alpha value is -0.220. The Kier molecular flexibility index (Phi) is 2.36. The third kappa shape index (κ3) is 1.78. The molecule has 2 unspecified atom stereocenters. The van der Waals surface area contributed by atoms with Gasteiger partial charge in [-0.25, -0.2) is 8.78 Å². The van der Waals surface area contributed by atoms with Gasteiger partial charge in [-0.1, -0.05) is 19.8 Å². The fraction of sp³-hybridized carbons (Fsp3) is 1.00. The van der Waals surface area contributed by atoms with Crippen molar-refractivity contribution in [3.8, 4) is 0 Å². The molecule has 0 spiro atoms. The van der Waals surface area contributed by atoms with Crippen molar-refractivity contribution in [3.05, 3.63) is 0 Å². The first kappa shape index (κ1) is 11.3. The molecule has 2 atom stereocenters. The van der Waals surface area contributed by atoms with Crippen molar-refractivity contribution in [1.82, 2.24) is 0 Å². The maximum Gasteiger partial charge on any atom is 0.251 e. The summed E-state index contributed by atoms with van der Waals surface area (Å²) in [6.45, 7) is 2.05. The zero-order valence-electron chi connectivity index (χ0n) is 9.10. The van der Waals surface area contributed by atoms with E-state index < -0.39 is 17.1 Å². The summed E-state index contributed by atoms with van der Waals surface area (Å²) in [6, 6.07) is 0. The molecule has 2 rings (SSSR count). The summed E-state index contributed by atoms with van der Waals surface area (Å²) in [5.41, 5.74) is 3.81. The second-order valence-electron chi connectivity index (χ2n) is 5.60. The first-order chi connectivity index (χ1) is 6.77. The molecular weight excluding hydrogens is 200 g/mol. The van der Waals surface area contributed by atoms with Crippen molar-refractivity contribution in [1.29, 1.82) is 0 Å². The number of rotatable bonds is 1. The van der Waals surface area contributed by atoms with Crippen LogP contribution in [0.5, 0.6) is 0 Å². The van der Waals surface area contributed by atoms with E-state index in [-0.39, 0.29) is 12.8 Å². The highest BCUT2D eigenvalue weighted by atomic mass is 19.3. The largest absolute Gasteiger partial charge is 0.388 e. The van der Waals surface area contributed by atoms with Crippen molar-refractivity contribution < 1.29 is 13.9 Å². The van der Waals surface area contributed by atoms with Gasteiger partial charge in [-0.05, 0) is 18.8 Å². The molecule has 2 aliphatic rings. The van der Waals surface area contributed by atoms with Gasteiger partial charge in [0.15, 0.2) is 0 Å². The van der Waals surface area contributed by atoms with Crippen LogP contribution in [0.4, 0.5) is 8.78 Å². The lowest BCUT2D eigenvalue weighted by Gasteiger charge is -2.56. The topological polar surface area (TPSA) is 46.2 Å². The van der Waals surface area contributed by atoms with Crippen molar-refractivity contribution in [2.45, 2.75) is 62.5 Å². The molecule has 0 amide bonds. The van der Waals surface area contributed by atoms with Gasteiger partial charge in [-0.3, -0.25) is 0 Å². The van der Waals surface area contributed by atoms with Crippen LogP contribution in [-0.4, -0.2) is 22.2 Å². The van der Waals surface area contributed by atoms with Gasteiger partial charge >= 0.3 is 0 Å². The van der Waals surface area contributed by atoms with Gasteiger partial charge in [-0.2, -0.15) is 0 Å². The van der Waals surface area contributed by atoms with Crippen molar-refractivity contribution in [3.63, 3.8) is 0 Å². The van der Waals surface area contributed by atoms with Crippen LogP contribution in [0.3, 0.4) is 0 Å². The minimum Gasteiger partial charge on any atom is -0.388 e. The Morgan fingerprint density at radius 1 is 1.33 bits per heavy atom. The zero-order valence-corrected chi connectivity index (χ0v) is 9.10. The van der Waals surface area contributed by atoms with Gasteiger partial charge in [0, 0.05) is 12.8 Å². The molecule has 15 heavy (non-hydrogen) atoms. The van der Waals surface area contributed by atoms with E-state index in [1.54, 1.807) is 0 Å². The molecule has 0 aromatic rings. The Labute approximate surface area is 88.8 Å². The van der Waals surface area contributed by atoms with Crippen molar-refractivity contribution >= 4 is 0 Å². The van der Waals surface area contributed by atoms with E-state index in [1.165, 1.54) is 0 Å². The van der Waals surface area contributed by atoms with Gasteiger partial charge in [0.25, 0.3) is 5.92 Å². The third-order valence-electron chi connectivity index (χ3n) is 4.05. The van der Waals surface area contributed by atoms with E-state index in [9.17, 15) is 13.9 Å². The van der Waals surface area contributed by atoms with Crippen LogP contribution in [0, 0.1) is 5.92 Å². The quantitative estimate of drug-likeness (QED) is 0.709. The SMILES string of the molecule is CC1CCCC(O)(C2(N)CC(F)(F)C2)C1. The normalized spacial score (nSPS) is 43.4. The monoisotopic (exact) mass is 219 g/mol. The van der Waals surface area contributed by atoms with Crippen LogP contribution in [0.1, 0.15) is 45.4 Å². The third-order valence-corrected chi connectivity index (χ3v) is 4.05. The highest BCUT2D eigenvalue weighted by molar-refractivity contribution is 5.15. The molecule has 0 bridgehead atoms. The van der Waals surface area contributed by atoms with E-state index in [0.29, 0.717) is 18.8 Å². The molecule has 2 nitrogen and oxygen atoms in total. The standard InChI is InChI=1S/C11H19F2NO/c1-8-3-2-4-10(15,5-8)9(14)6-11(12,13)7-9/h8,15H,2-7,14H2,1H3. The summed E-state index contributed by atoms with van der Waals surface area (Å²) in [7, 11) is 0. The van der Waals surface area contributed by atoms with E-state index in [2.05, 4.69) is 0 Å². The predicted octanol–water partition coefficient (Wildman–Crippen LogP) is 2.05. The van der Waals surface area contributed by atoms with E-state index in [1.807, 2.05) is 6.92 Å². The minimum atomic E-state index is -2.66. The Morgan fingerprint density at radius 2 is 1.93 bits per heavy atom. The van der Waals surface area contributed by atoms with E-state index >= 15 is 0 Å². The van der Waals surface area contributed by atoms with Gasteiger partial charge < -0.3 is 10.8 Å². The van der Waals surface area contributed by atoms with Gasteiger partial charge in [0.05, 0.1) is 11.1 Å². The fourth-order valence-electron chi connectivity index (χ4n) is 3.18.